The lowest BCUT2D eigenvalue weighted by molar-refractivity contribution is -0.104. The first-order valence-corrected chi connectivity index (χ1v) is 3.61. The Morgan fingerprint density at radius 2 is 2.17 bits per heavy atom. The average Bonchev–Trinajstić information content (AvgIpc) is 2.04. The maximum absolute atomic E-state index is 10.1. The molecular formula is C10H12O2. The van der Waals surface area contributed by atoms with E-state index in [1.807, 2.05) is 0 Å². The van der Waals surface area contributed by atoms with E-state index in [1.165, 1.54) is 0 Å². The molecule has 0 rings (SSSR count). The van der Waals surface area contributed by atoms with Crippen molar-refractivity contribution >= 4 is 6.29 Å². The average molecular weight is 164 g/mol. The fourth-order valence-electron chi connectivity index (χ4n) is 0.486. The maximum atomic E-state index is 10.1. The highest BCUT2D eigenvalue weighted by molar-refractivity contribution is 5.73. The van der Waals surface area contributed by atoms with Gasteiger partial charge >= 0.3 is 0 Å². The summed E-state index contributed by atoms with van der Waals surface area (Å²) in [5.74, 6) is 5.46. The smallest absolute Gasteiger partial charge is 0.146 e. The van der Waals surface area contributed by atoms with Crippen LogP contribution < -0.4 is 0 Å². The fraction of sp³-hybridized carbons (Fsp3) is 0.300. The molecule has 0 aromatic rings. The number of aliphatic hydroxyl groups excluding tert-OH is 1. The summed E-state index contributed by atoms with van der Waals surface area (Å²) < 4.78 is 0. The molecule has 0 fully saturated rings. The van der Waals surface area contributed by atoms with Crippen LogP contribution >= 0.6 is 0 Å². The summed E-state index contributed by atoms with van der Waals surface area (Å²) in [7, 11) is 0. The number of carbonyl (C=O) groups is 1. The highest BCUT2D eigenvalue weighted by Gasteiger charge is 1.79. The van der Waals surface area contributed by atoms with E-state index in [-0.39, 0.29) is 6.61 Å². The summed E-state index contributed by atoms with van der Waals surface area (Å²) in [4.78, 5) is 10.1. The minimum absolute atomic E-state index is 0.00309. The van der Waals surface area contributed by atoms with E-state index in [4.69, 9.17) is 5.11 Å². The number of aliphatic hydroxyl groups is 1. The van der Waals surface area contributed by atoms with Crippen LogP contribution in [0.5, 0.6) is 0 Å². The van der Waals surface area contributed by atoms with Crippen molar-refractivity contribution in [2.75, 3.05) is 6.61 Å². The molecule has 0 aromatic heterocycles. The fourth-order valence-corrected chi connectivity index (χ4v) is 0.486. The van der Waals surface area contributed by atoms with Crippen LogP contribution in [-0.4, -0.2) is 18.0 Å². The quantitative estimate of drug-likeness (QED) is 0.376. The second-order valence-electron chi connectivity index (χ2n) is 2.35. The van der Waals surface area contributed by atoms with Gasteiger partial charge in [-0.05, 0) is 37.1 Å². The highest BCUT2D eigenvalue weighted by Crippen LogP contribution is 1.88. The Balaban J connectivity index is 4.22. The van der Waals surface area contributed by atoms with E-state index >= 15 is 0 Å². The summed E-state index contributed by atoms with van der Waals surface area (Å²) in [5.41, 5.74) is 1.40. The van der Waals surface area contributed by atoms with Gasteiger partial charge in [-0.2, -0.15) is 0 Å². The standard InChI is InChI=1S/C10H12O2/c1-9(6-7-11)4-3-5-10(2)8-12/h5-6,8,11H,7H2,1-2H3. The summed E-state index contributed by atoms with van der Waals surface area (Å²) in [6.45, 7) is 3.48. The molecule has 0 saturated heterocycles. The molecule has 2 heteroatoms. The molecular weight excluding hydrogens is 152 g/mol. The van der Waals surface area contributed by atoms with E-state index in [9.17, 15) is 4.79 Å². The molecule has 0 aromatic carbocycles. The lowest BCUT2D eigenvalue weighted by atomic mass is 10.2. The van der Waals surface area contributed by atoms with Gasteiger partial charge in [-0.3, -0.25) is 4.79 Å². The van der Waals surface area contributed by atoms with Gasteiger partial charge in [0.2, 0.25) is 0 Å². The van der Waals surface area contributed by atoms with Gasteiger partial charge < -0.3 is 5.11 Å². The van der Waals surface area contributed by atoms with E-state index in [0.717, 1.165) is 11.9 Å². The molecule has 0 spiro atoms. The molecule has 0 bridgehead atoms. The zero-order valence-electron chi connectivity index (χ0n) is 7.29. The van der Waals surface area contributed by atoms with Gasteiger partial charge in [-0.15, -0.1) is 0 Å². The van der Waals surface area contributed by atoms with Gasteiger partial charge in [0.05, 0.1) is 6.61 Å². The molecule has 64 valence electrons. The topological polar surface area (TPSA) is 37.3 Å². The maximum Gasteiger partial charge on any atom is 0.146 e. The van der Waals surface area contributed by atoms with Crippen LogP contribution in [0.1, 0.15) is 13.8 Å². The lowest BCUT2D eigenvalue weighted by Crippen LogP contribution is -1.76. The van der Waals surface area contributed by atoms with Crippen molar-refractivity contribution in [1.29, 1.82) is 0 Å². The molecule has 12 heavy (non-hydrogen) atoms. The second kappa shape index (κ2) is 6.38. The summed E-state index contributed by atoms with van der Waals surface area (Å²) in [6, 6.07) is 0. The number of hydrogen-bond donors (Lipinski definition) is 1. The zero-order valence-corrected chi connectivity index (χ0v) is 7.29. The van der Waals surface area contributed by atoms with Gasteiger partial charge in [0, 0.05) is 0 Å². The molecule has 0 atom stereocenters. The Morgan fingerprint density at radius 3 is 2.67 bits per heavy atom. The van der Waals surface area contributed by atoms with E-state index in [1.54, 1.807) is 26.0 Å². The third-order valence-corrected chi connectivity index (χ3v) is 1.15. The molecule has 0 unspecified atom stereocenters. The first-order chi connectivity index (χ1) is 5.70. The molecule has 0 heterocycles. The normalized spacial score (nSPS) is 11.9. The Morgan fingerprint density at radius 1 is 1.50 bits per heavy atom. The van der Waals surface area contributed by atoms with Gasteiger partial charge in [0.15, 0.2) is 0 Å². The largest absolute Gasteiger partial charge is 0.392 e. The van der Waals surface area contributed by atoms with E-state index in [0.29, 0.717) is 5.57 Å². The van der Waals surface area contributed by atoms with E-state index < -0.39 is 0 Å². The van der Waals surface area contributed by atoms with Gasteiger partial charge in [0.1, 0.15) is 6.29 Å². The van der Waals surface area contributed by atoms with Crippen LogP contribution in [0.3, 0.4) is 0 Å². The number of allylic oxidation sites excluding steroid dienone is 3. The Kier molecular flexibility index (Phi) is 5.68. The third-order valence-electron chi connectivity index (χ3n) is 1.15. The Bertz CT molecular complexity index is 261. The molecule has 0 aliphatic carbocycles. The van der Waals surface area contributed by atoms with Crippen molar-refractivity contribution in [3.8, 4) is 11.8 Å². The van der Waals surface area contributed by atoms with Crippen LogP contribution in [0.25, 0.3) is 0 Å². The predicted molar refractivity (Wildman–Crippen MR) is 48.4 cm³/mol. The van der Waals surface area contributed by atoms with Crippen molar-refractivity contribution in [2.24, 2.45) is 0 Å². The van der Waals surface area contributed by atoms with Crippen molar-refractivity contribution in [1.82, 2.24) is 0 Å². The Labute approximate surface area is 72.6 Å². The molecule has 0 aliphatic rings. The van der Waals surface area contributed by atoms with Crippen molar-refractivity contribution in [3.05, 3.63) is 23.3 Å². The van der Waals surface area contributed by atoms with Gasteiger partial charge in [-0.25, -0.2) is 0 Å². The first-order valence-electron chi connectivity index (χ1n) is 3.61. The zero-order chi connectivity index (χ0) is 9.40. The van der Waals surface area contributed by atoms with E-state index in [2.05, 4.69) is 11.8 Å². The number of rotatable bonds is 2. The molecule has 1 N–H and O–H groups in total. The van der Waals surface area contributed by atoms with Crippen LogP contribution in [0.4, 0.5) is 0 Å². The molecule has 0 aliphatic heterocycles. The number of hydrogen-bond acceptors (Lipinski definition) is 2. The third kappa shape index (κ3) is 5.45. The summed E-state index contributed by atoms with van der Waals surface area (Å²) in [6.07, 6.45) is 3.90. The first kappa shape index (κ1) is 10.7. The monoisotopic (exact) mass is 164 g/mol. The van der Waals surface area contributed by atoms with Crippen LogP contribution in [-0.2, 0) is 4.79 Å². The predicted octanol–water partition coefficient (Wildman–Crippen LogP) is 1.07. The van der Waals surface area contributed by atoms with Crippen molar-refractivity contribution in [3.63, 3.8) is 0 Å². The highest BCUT2D eigenvalue weighted by atomic mass is 16.2. The van der Waals surface area contributed by atoms with Crippen molar-refractivity contribution < 1.29 is 9.90 Å². The minimum Gasteiger partial charge on any atom is -0.392 e. The van der Waals surface area contributed by atoms with Crippen LogP contribution in [0.15, 0.2) is 23.3 Å². The molecule has 0 saturated carbocycles. The molecule has 0 radical (unpaired) electrons. The second-order valence-corrected chi connectivity index (χ2v) is 2.35. The summed E-state index contributed by atoms with van der Waals surface area (Å²) in [5, 5.41) is 8.48. The summed E-state index contributed by atoms with van der Waals surface area (Å²) >= 11 is 0. The number of aldehydes is 1. The van der Waals surface area contributed by atoms with Crippen LogP contribution in [0, 0.1) is 11.8 Å². The Hall–Kier alpha value is -1.33. The van der Waals surface area contributed by atoms with Crippen molar-refractivity contribution in [2.45, 2.75) is 13.8 Å². The number of carbonyl (C=O) groups excluding carboxylic acids is 1. The molecule has 2 nitrogen and oxygen atoms in total. The SMILES string of the molecule is CC(C#CC=C(C)C=O)=CCO. The minimum atomic E-state index is -0.00309. The van der Waals surface area contributed by atoms with Crippen LogP contribution in [0.2, 0.25) is 0 Å². The van der Waals surface area contributed by atoms with Gasteiger partial charge in [0.25, 0.3) is 0 Å². The lowest BCUT2D eigenvalue weighted by Gasteiger charge is -1.83. The van der Waals surface area contributed by atoms with Gasteiger partial charge in [-0.1, -0.05) is 11.8 Å². The molecule has 0 amide bonds.